The Balaban J connectivity index is 1.83. The van der Waals surface area contributed by atoms with Crippen molar-refractivity contribution in [2.75, 3.05) is 13.2 Å². The fourth-order valence-electron chi connectivity index (χ4n) is 3.07. The van der Waals surface area contributed by atoms with Crippen molar-refractivity contribution in [3.05, 3.63) is 71.5 Å². The molecule has 0 fully saturated rings. The van der Waals surface area contributed by atoms with E-state index in [4.69, 9.17) is 10.5 Å². The average Bonchev–Trinajstić information content (AvgIpc) is 2.96. The quantitative estimate of drug-likeness (QED) is 0.656. The van der Waals surface area contributed by atoms with Crippen molar-refractivity contribution in [1.29, 1.82) is 0 Å². The highest BCUT2D eigenvalue weighted by molar-refractivity contribution is 5.61. The summed E-state index contributed by atoms with van der Waals surface area (Å²) in [6.45, 7) is 5.86. The Labute approximate surface area is 144 Å². The monoisotopic (exact) mass is 322 g/mol. The highest BCUT2D eigenvalue weighted by atomic mass is 16.5. The van der Waals surface area contributed by atoms with E-state index in [-0.39, 0.29) is 0 Å². The summed E-state index contributed by atoms with van der Waals surface area (Å²) in [7, 11) is 0. The molecule has 1 aromatic carbocycles. The molecule has 3 nitrogen and oxygen atoms in total. The zero-order valence-corrected chi connectivity index (χ0v) is 14.5. The van der Waals surface area contributed by atoms with Gasteiger partial charge in [0, 0.05) is 17.9 Å². The van der Waals surface area contributed by atoms with Crippen LogP contribution in [0.2, 0.25) is 0 Å². The summed E-state index contributed by atoms with van der Waals surface area (Å²) in [6, 6.07) is 14.8. The van der Waals surface area contributed by atoms with Gasteiger partial charge in [-0.15, -0.1) is 0 Å². The van der Waals surface area contributed by atoms with E-state index in [9.17, 15) is 0 Å². The molecule has 0 saturated carbocycles. The Kier molecular flexibility index (Phi) is 5.21. The zero-order valence-electron chi connectivity index (χ0n) is 14.5. The first kappa shape index (κ1) is 16.6. The molecule has 2 heterocycles. The molecule has 0 amide bonds. The van der Waals surface area contributed by atoms with Gasteiger partial charge in [-0.25, -0.2) is 0 Å². The molecule has 0 radical (unpaired) electrons. The Morgan fingerprint density at radius 3 is 2.58 bits per heavy atom. The number of hydrogen-bond donors (Lipinski definition) is 1. The molecule has 2 N–H and O–H groups in total. The van der Waals surface area contributed by atoms with Gasteiger partial charge in [0.15, 0.2) is 0 Å². The Morgan fingerprint density at radius 2 is 1.88 bits per heavy atom. The maximum atomic E-state index is 5.68. The van der Waals surface area contributed by atoms with E-state index in [0.29, 0.717) is 19.1 Å². The lowest BCUT2D eigenvalue weighted by molar-refractivity contribution is 0.313. The average molecular weight is 322 g/mol. The topological polar surface area (TPSA) is 39.7 Å². The third-order valence-electron chi connectivity index (χ3n) is 4.37. The molecule has 0 bridgehead atoms. The lowest BCUT2D eigenvalue weighted by Crippen LogP contribution is -2.06. The van der Waals surface area contributed by atoms with Gasteiger partial charge in [-0.3, -0.25) is 0 Å². The normalized spacial score (nSPS) is 11.3. The van der Waals surface area contributed by atoms with E-state index in [1.165, 1.54) is 22.2 Å². The molecule has 3 rings (SSSR count). The summed E-state index contributed by atoms with van der Waals surface area (Å²) in [5.41, 5.74) is 10.9. The van der Waals surface area contributed by atoms with Crippen LogP contribution < -0.4 is 10.5 Å². The van der Waals surface area contributed by atoms with E-state index in [1.54, 1.807) is 0 Å². The summed E-state index contributed by atoms with van der Waals surface area (Å²) >= 11 is 0. The van der Waals surface area contributed by atoms with Crippen molar-refractivity contribution in [1.82, 2.24) is 4.40 Å². The Hall–Kier alpha value is -2.26. The second-order valence-corrected chi connectivity index (χ2v) is 6.52. The minimum atomic E-state index is 0.513. The molecular weight excluding hydrogens is 296 g/mol. The van der Waals surface area contributed by atoms with Crippen LogP contribution in [0, 0.1) is 0 Å². The van der Waals surface area contributed by atoms with Crippen molar-refractivity contribution in [2.45, 2.75) is 32.6 Å². The van der Waals surface area contributed by atoms with Gasteiger partial charge >= 0.3 is 0 Å². The smallest absolute Gasteiger partial charge is 0.119 e. The molecule has 0 saturated heterocycles. The molecule has 3 heteroatoms. The molecule has 126 valence electrons. The van der Waals surface area contributed by atoms with Crippen molar-refractivity contribution in [2.24, 2.45) is 5.73 Å². The molecule has 0 aliphatic heterocycles. The van der Waals surface area contributed by atoms with Crippen LogP contribution in [-0.4, -0.2) is 17.6 Å². The van der Waals surface area contributed by atoms with Gasteiger partial charge in [-0.2, -0.15) is 0 Å². The molecule has 2 aromatic heterocycles. The van der Waals surface area contributed by atoms with Gasteiger partial charge in [0.2, 0.25) is 0 Å². The maximum absolute atomic E-state index is 5.68. The molecule has 0 aliphatic carbocycles. The molecular formula is C21H26N2O. The van der Waals surface area contributed by atoms with Gasteiger partial charge in [0.25, 0.3) is 0 Å². The van der Waals surface area contributed by atoms with Gasteiger partial charge < -0.3 is 14.9 Å². The van der Waals surface area contributed by atoms with Crippen LogP contribution in [0.5, 0.6) is 5.75 Å². The minimum Gasteiger partial charge on any atom is -0.494 e. The standard InChI is InChI=1S/C21H26N2O/c1-16(2)20-15-23-12-4-3-6-21(23)19(20)14-17-7-9-18(10-8-17)24-13-5-11-22/h3-4,6-10,12,15-16H,5,11,13-14,22H2,1-2H3. The molecule has 0 atom stereocenters. The molecule has 0 unspecified atom stereocenters. The third kappa shape index (κ3) is 3.62. The number of pyridine rings is 1. The van der Waals surface area contributed by atoms with Crippen molar-refractivity contribution < 1.29 is 4.74 Å². The Morgan fingerprint density at radius 1 is 1.08 bits per heavy atom. The van der Waals surface area contributed by atoms with Crippen LogP contribution in [0.1, 0.15) is 42.9 Å². The van der Waals surface area contributed by atoms with Gasteiger partial charge in [0.1, 0.15) is 5.75 Å². The van der Waals surface area contributed by atoms with Crippen LogP contribution in [0.3, 0.4) is 0 Å². The first-order valence-corrected chi connectivity index (χ1v) is 8.69. The highest BCUT2D eigenvalue weighted by Gasteiger charge is 2.13. The lowest BCUT2D eigenvalue weighted by atomic mass is 9.96. The summed E-state index contributed by atoms with van der Waals surface area (Å²) in [5.74, 6) is 1.43. The number of ether oxygens (including phenoxy) is 1. The van der Waals surface area contributed by atoms with E-state index in [2.05, 4.69) is 73.1 Å². The first-order valence-electron chi connectivity index (χ1n) is 8.69. The van der Waals surface area contributed by atoms with Gasteiger partial charge in [-0.1, -0.05) is 32.0 Å². The number of benzene rings is 1. The summed E-state index contributed by atoms with van der Waals surface area (Å²) in [6.07, 6.45) is 6.21. The van der Waals surface area contributed by atoms with Crippen LogP contribution >= 0.6 is 0 Å². The summed E-state index contributed by atoms with van der Waals surface area (Å²) < 4.78 is 7.92. The number of nitrogens with two attached hydrogens (primary N) is 1. The van der Waals surface area contributed by atoms with Gasteiger partial charge in [-0.05, 0) is 66.3 Å². The van der Waals surface area contributed by atoms with Crippen molar-refractivity contribution >= 4 is 5.52 Å². The maximum Gasteiger partial charge on any atom is 0.119 e. The number of aromatic nitrogens is 1. The van der Waals surface area contributed by atoms with Crippen LogP contribution in [0.4, 0.5) is 0 Å². The van der Waals surface area contributed by atoms with E-state index in [0.717, 1.165) is 18.6 Å². The molecule has 0 aliphatic rings. The highest BCUT2D eigenvalue weighted by Crippen LogP contribution is 2.28. The molecule has 24 heavy (non-hydrogen) atoms. The predicted octanol–water partition coefficient (Wildman–Crippen LogP) is 4.38. The van der Waals surface area contributed by atoms with Crippen LogP contribution in [0.15, 0.2) is 54.9 Å². The largest absolute Gasteiger partial charge is 0.494 e. The number of nitrogens with zero attached hydrogens (tertiary/aromatic N) is 1. The summed E-state index contributed by atoms with van der Waals surface area (Å²) in [5, 5.41) is 0. The first-order chi connectivity index (χ1) is 11.7. The van der Waals surface area contributed by atoms with Crippen LogP contribution in [0.25, 0.3) is 5.52 Å². The van der Waals surface area contributed by atoms with Crippen molar-refractivity contribution in [3.63, 3.8) is 0 Å². The van der Waals surface area contributed by atoms with E-state index >= 15 is 0 Å². The number of fused-ring (bicyclic) bond motifs is 1. The van der Waals surface area contributed by atoms with E-state index in [1.807, 2.05) is 0 Å². The fraction of sp³-hybridized carbons (Fsp3) is 0.333. The number of rotatable bonds is 7. The summed E-state index contributed by atoms with van der Waals surface area (Å²) in [4.78, 5) is 0. The zero-order chi connectivity index (χ0) is 16.9. The number of hydrogen-bond acceptors (Lipinski definition) is 2. The molecule has 3 aromatic rings. The fourth-order valence-corrected chi connectivity index (χ4v) is 3.07. The SMILES string of the molecule is CC(C)c1cn2ccccc2c1Cc1ccc(OCCCN)cc1. The Bertz CT molecular complexity index is 787. The predicted molar refractivity (Wildman–Crippen MR) is 99.9 cm³/mol. The van der Waals surface area contributed by atoms with Crippen molar-refractivity contribution in [3.8, 4) is 5.75 Å². The third-order valence-corrected chi connectivity index (χ3v) is 4.37. The second kappa shape index (κ2) is 7.54. The lowest BCUT2D eigenvalue weighted by Gasteiger charge is -2.09. The van der Waals surface area contributed by atoms with Gasteiger partial charge in [0.05, 0.1) is 6.61 Å². The second-order valence-electron chi connectivity index (χ2n) is 6.52. The minimum absolute atomic E-state index is 0.513. The van der Waals surface area contributed by atoms with Crippen LogP contribution in [-0.2, 0) is 6.42 Å². The van der Waals surface area contributed by atoms with E-state index < -0.39 is 0 Å². The molecule has 0 spiro atoms.